The number of nitrogens with one attached hydrogen (secondary N) is 1. The highest BCUT2D eigenvalue weighted by Gasteiger charge is 2.37. The summed E-state index contributed by atoms with van der Waals surface area (Å²) >= 11 is 8.09. The molecule has 2 rings (SSSR count). The molecule has 1 nitrogen and oxygen atoms in total. The molecule has 1 saturated heterocycles. The molecule has 1 N–H and O–H groups in total. The third kappa shape index (κ3) is 2.84. The quantitative estimate of drug-likeness (QED) is 0.901. The molecule has 0 bridgehead atoms. The largest absolute Gasteiger partial charge is 0.315 e. The molecule has 1 aliphatic heterocycles. The molecule has 0 aromatic heterocycles. The Morgan fingerprint density at radius 3 is 2.89 bits per heavy atom. The zero-order chi connectivity index (χ0) is 13.2. The number of rotatable bonds is 4. The Morgan fingerprint density at radius 2 is 2.33 bits per heavy atom. The first-order valence-corrected chi connectivity index (χ1v) is 7.67. The summed E-state index contributed by atoms with van der Waals surface area (Å²) in [4.78, 5) is 0. The monoisotopic (exact) mass is 287 g/mol. The maximum atomic E-state index is 13.8. The summed E-state index contributed by atoms with van der Waals surface area (Å²) in [6, 6.07) is 5.15. The second kappa shape index (κ2) is 5.81. The van der Waals surface area contributed by atoms with Crippen molar-refractivity contribution in [2.75, 3.05) is 12.8 Å². The van der Waals surface area contributed by atoms with E-state index in [1.165, 1.54) is 24.7 Å². The van der Waals surface area contributed by atoms with Crippen LogP contribution in [0.15, 0.2) is 18.2 Å². The van der Waals surface area contributed by atoms with Crippen LogP contribution in [0.25, 0.3) is 0 Å². The molecule has 0 saturated carbocycles. The van der Waals surface area contributed by atoms with E-state index in [1.54, 1.807) is 12.1 Å². The molecule has 0 spiro atoms. The SMILES string of the molecule is CNC(Cc1c(F)cccc1Cl)C1(C)CCCS1. The van der Waals surface area contributed by atoms with Gasteiger partial charge in [-0.15, -0.1) is 0 Å². The number of thioether (sulfide) groups is 1. The average molecular weight is 288 g/mol. The molecule has 1 fully saturated rings. The summed E-state index contributed by atoms with van der Waals surface area (Å²) in [6.07, 6.45) is 3.06. The van der Waals surface area contributed by atoms with Crippen molar-refractivity contribution in [2.24, 2.45) is 0 Å². The lowest BCUT2D eigenvalue weighted by Gasteiger charge is -2.33. The minimum Gasteiger partial charge on any atom is -0.315 e. The van der Waals surface area contributed by atoms with Crippen molar-refractivity contribution in [1.82, 2.24) is 5.32 Å². The molecule has 2 atom stereocenters. The number of benzene rings is 1. The highest BCUT2D eigenvalue weighted by Crippen LogP contribution is 2.41. The van der Waals surface area contributed by atoms with E-state index in [1.807, 2.05) is 18.8 Å². The molecule has 0 amide bonds. The second-order valence-corrected chi connectivity index (χ2v) is 7.05. The summed E-state index contributed by atoms with van der Waals surface area (Å²) in [5, 5.41) is 3.87. The van der Waals surface area contributed by atoms with Gasteiger partial charge in [0.2, 0.25) is 0 Å². The Labute approximate surface area is 117 Å². The van der Waals surface area contributed by atoms with Crippen molar-refractivity contribution in [3.05, 3.63) is 34.6 Å². The van der Waals surface area contributed by atoms with E-state index in [9.17, 15) is 4.39 Å². The van der Waals surface area contributed by atoms with Gasteiger partial charge in [0.05, 0.1) is 0 Å². The van der Waals surface area contributed by atoms with E-state index in [-0.39, 0.29) is 16.6 Å². The Kier molecular flexibility index (Phi) is 4.57. The van der Waals surface area contributed by atoms with Gasteiger partial charge in [-0.3, -0.25) is 0 Å². The maximum Gasteiger partial charge on any atom is 0.127 e. The normalized spacial score (nSPS) is 25.3. The molecule has 18 heavy (non-hydrogen) atoms. The lowest BCUT2D eigenvalue weighted by Crippen LogP contribution is -2.45. The Morgan fingerprint density at radius 1 is 1.56 bits per heavy atom. The van der Waals surface area contributed by atoms with E-state index in [0.717, 1.165) is 0 Å². The molecule has 1 aromatic carbocycles. The van der Waals surface area contributed by atoms with Crippen LogP contribution in [0.2, 0.25) is 5.02 Å². The highest BCUT2D eigenvalue weighted by atomic mass is 35.5. The fourth-order valence-corrected chi connectivity index (χ4v) is 4.32. The molecule has 100 valence electrons. The van der Waals surface area contributed by atoms with Crippen LogP contribution in [-0.2, 0) is 6.42 Å². The van der Waals surface area contributed by atoms with E-state index in [0.29, 0.717) is 17.0 Å². The van der Waals surface area contributed by atoms with Gasteiger partial charge in [-0.2, -0.15) is 11.8 Å². The standard InChI is InChI=1S/C14H19ClFNS/c1-14(7-4-8-18-14)13(17-2)9-10-11(15)5-3-6-12(10)16/h3,5-6,13,17H,4,7-9H2,1-2H3. The van der Waals surface area contributed by atoms with Crippen molar-refractivity contribution in [1.29, 1.82) is 0 Å². The summed E-state index contributed by atoms with van der Waals surface area (Å²) in [5.41, 5.74) is 0.632. The molecule has 0 aliphatic carbocycles. The number of likely N-dealkylation sites (N-methyl/N-ethyl adjacent to an activating group) is 1. The van der Waals surface area contributed by atoms with E-state index >= 15 is 0 Å². The van der Waals surface area contributed by atoms with Gasteiger partial charge in [-0.05, 0) is 51.1 Å². The third-order valence-electron chi connectivity index (χ3n) is 3.80. The van der Waals surface area contributed by atoms with Crippen LogP contribution in [-0.4, -0.2) is 23.6 Å². The number of hydrogen-bond donors (Lipinski definition) is 1. The molecule has 1 aliphatic rings. The van der Waals surface area contributed by atoms with Crippen LogP contribution in [0.3, 0.4) is 0 Å². The topological polar surface area (TPSA) is 12.0 Å². The van der Waals surface area contributed by atoms with Crippen molar-refractivity contribution in [3.8, 4) is 0 Å². The predicted octanol–water partition coefficient (Wildman–Crippen LogP) is 3.90. The second-order valence-electron chi connectivity index (χ2n) is 5.01. The Hall–Kier alpha value is -0.250. The van der Waals surface area contributed by atoms with E-state index in [4.69, 9.17) is 11.6 Å². The van der Waals surface area contributed by atoms with Crippen molar-refractivity contribution in [3.63, 3.8) is 0 Å². The predicted molar refractivity (Wildman–Crippen MR) is 78.1 cm³/mol. The van der Waals surface area contributed by atoms with Gasteiger partial charge < -0.3 is 5.32 Å². The van der Waals surface area contributed by atoms with Gasteiger partial charge in [-0.25, -0.2) is 4.39 Å². The first-order chi connectivity index (χ1) is 8.57. The smallest absolute Gasteiger partial charge is 0.127 e. The minimum atomic E-state index is -0.200. The molecule has 4 heteroatoms. The summed E-state index contributed by atoms with van der Waals surface area (Å²) in [5.74, 6) is 0.994. The third-order valence-corrected chi connectivity index (χ3v) is 5.80. The van der Waals surface area contributed by atoms with Crippen molar-refractivity contribution >= 4 is 23.4 Å². The molecule has 0 radical (unpaired) electrons. The lowest BCUT2D eigenvalue weighted by molar-refractivity contribution is 0.418. The van der Waals surface area contributed by atoms with Crippen LogP contribution in [0.5, 0.6) is 0 Å². The molecule has 2 unspecified atom stereocenters. The molecular formula is C14H19ClFNS. The van der Waals surface area contributed by atoms with Crippen molar-refractivity contribution < 1.29 is 4.39 Å². The zero-order valence-electron chi connectivity index (χ0n) is 10.8. The van der Waals surface area contributed by atoms with Gasteiger partial charge in [0.25, 0.3) is 0 Å². The van der Waals surface area contributed by atoms with Gasteiger partial charge in [-0.1, -0.05) is 17.7 Å². The van der Waals surface area contributed by atoms with Crippen LogP contribution in [0, 0.1) is 5.82 Å². The van der Waals surface area contributed by atoms with Crippen LogP contribution >= 0.6 is 23.4 Å². The van der Waals surface area contributed by atoms with Gasteiger partial charge >= 0.3 is 0 Å². The summed E-state index contributed by atoms with van der Waals surface area (Å²) in [7, 11) is 1.95. The van der Waals surface area contributed by atoms with Gasteiger partial charge in [0.1, 0.15) is 5.82 Å². The number of hydrogen-bond acceptors (Lipinski definition) is 2. The minimum absolute atomic E-state index is 0.181. The van der Waals surface area contributed by atoms with Crippen LogP contribution in [0.1, 0.15) is 25.3 Å². The van der Waals surface area contributed by atoms with Gasteiger partial charge in [0, 0.05) is 21.4 Å². The Balaban J connectivity index is 2.20. The molecular weight excluding hydrogens is 269 g/mol. The van der Waals surface area contributed by atoms with Crippen molar-refractivity contribution in [2.45, 2.75) is 37.0 Å². The molecule has 1 heterocycles. The van der Waals surface area contributed by atoms with Crippen LogP contribution < -0.4 is 5.32 Å². The summed E-state index contributed by atoms with van der Waals surface area (Å²) < 4.78 is 14.0. The number of halogens is 2. The average Bonchev–Trinajstić information content (AvgIpc) is 2.77. The first kappa shape index (κ1) is 14.2. The Bertz CT molecular complexity index is 398. The fourth-order valence-electron chi connectivity index (χ4n) is 2.63. The maximum absolute atomic E-state index is 13.8. The van der Waals surface area contributed by atoms with Crippen LogP contribution in [0.4, 0.5) is 4.39 Å². The lowest BCUT2D eigenvalue weighted by atomic mass is 9.91. The first-order valence-electron chi connectivity index (χ1n) is 6.31. The van der Waals surface area contributed by atoms with Gasteiger partial charge in [0.15, 0.2) is 0 Å². The summed E-state index contributed by atoms with van der Waals surface area (Å²) in [6.45, 7) is 2.26. The molecule has 1 aromatic rings. The van der Waals surface area contributed by atoms with E-state index in [2.05, 4.69) is 12.2 Å². The highest BCUT2D eigenvalue weighted by molar-refractivity contribution is 8.00. The zero-order valence-corrected chi connectivity index (χ0v) is 12.4. The fraction of sp³-hybridized carbons (Fsp3) is 0.571. The van der Waals surface area contributed by atoms with E-state index < -0.39 is 0 Å².